The fourth-order valence-electron chi connectivity index (χ4n) is 3.03. The summed E-state index contributed by atoms with van der Waals surface area (Å²) in [6.45, 7) is 2.13. The average molecular weight is 424 g/mol. The first-order chi connectivity index (χ1) is 14.2. The molecule has 1 saturated heterocycles. The number of hydrogen-bond acceptors (Lipinski definition) is 4. The fourth-order valence-corrected chi connectivity index (χ4v) is 3.03. The highest BCUT2D eigenvalue weighted by Gasteiger charge is 2.53. The number of nitrogens with zero attached hydrogens (tertiary/aromatic N) is 1. The van der Waals surface area contributed by atoms with Crippen molar-refractivity contribution in [2.75, 3.05) is 0 Å². The van der Waals surface area contributed by atoms with Crippen molar-refractivity contribution in [1.29, 1.82) is 0 Å². The first kappa shape index (κ1) is 21.6. The van der Waals surface area contributed by atoms with Crippen LogP contribution in [-0.4, -0.2) is 28.2 Å². The topological polar surface area (TPSA) is 61.8 Å². The lowest BCUT2D eigenvalue weighted by atomic mass is 10.1. The summed E-state index contributed by atoms with van der Waals surface area (Å²) in [5.41, 5.74) is -0.461. The summed E-state index contributed by atoms with van der Waals surface area (Å²) < 4.78 is 58.1. The highest BCUT2D eigenvalue weighted by atomic mass is 19.3. The zero-order valence-electron chi connectivity index (χ0n) is 16.0. The summed E-state index contributed by atoms with van der Waals surface area (Å²) in [5.74, 6) is -0.450. The summed E-state index contributed by atoms with van der Waals surface area (Å²) >= 11 is 0. The molecule has 0 bridgehead atoms. The highest BCUT2D eigenvalue weighted by molar-refractivity contribution is 5.95. The van der Waals surface area contributed by atoms with E-state index in [4.69, 9.17) is 4.74 Å². The zero-order chi connectivity index (χ0) is 21.9. The second kappa shape index (κ2) is 8.74. The van der Waals surface area contributed by atoms with Gasteiger partial charge in [-0.25, -0.2) is 13.8 Å². The van der Waals surface area contributed by atoms with Crippen molar-refractivity contribution in [1.82, 2.24) is 10.4 Å². The number of rotatable bonds is 6. The van der Waals surface area contributed by atoms with Gasteiger partial charge in [0, 0.05) is 5.56 Å². The van der Waals surface area contributed by atoms with Gasteiger partial charge in [-0.3, -0.25) is 10.2 Å². The second-order valence-electron chi connectivity index (χ2n) is 6.83. The number of amides is 1. The van der Waals surface area contributed by atoms with E-state index in [2.05, 4.69) is 0 Å². The number of aryl methyl sites for hydroxylation is 1. The molecule has 160 valence electrons. The smallest absolute Gasteiger partial charge is 0.291 e. The van der Waals surface area contributed by atoms with E-state index in [1.807, 2.05) is 36.6 Å². The molecule has 1 unspecified atom stereocenters. The van der Waals surface area contributed by atoms with Crippen LogP contribution in [0.5, 0.6) is 5.75 Å². The van der Waals surface area contributed by atoms with Crippen LogP contribution in [0.3, 0.4) is 0 Å². The number of hydrazine groups is 1. The molecule has 1 amide bonds. The van der Waals surface area contributed by atoms with Crippen LogP contribution in [0, 0.1) is 0 Å². The lowest BCUT2D eigenvalue weighted by Gasteiger charge is -2.31. The van der Waals surface area contributed by atoms with Gasteiger partial charge in [-0.2, -0.15) is 8.78 Å². The zero-order valence-corrected chi connectivity index (χ0v) is 16.0. The van der Waals surface area contributed by atoms with E-state index in [-0.39, 0.29) is 17.2 Å². The Morgan fingerprint density at radius 1 is 1.20 bits per heavy atom. The second-order valence-corrected chi connectivity index (χ2v) is 6.83. The molecule has 3 rings (SSSR count). The van der Waals surface area contributed by atoms with Crippen molar-refractivity contribution >= 4 is 5.91 Å². The monoisotopic (exact) mass is 424 g/mol. The first-order valence-corrected chi connectivity index (χ1v) is 9.21. The summed E-state index contributed by atoms with van der Waals surface area (Å²) in [5, 5.41) is 10.3. The molecule has 0 aromatic heterocycles. The Kier molecular flexibility index (Phi) is 6.31. The van der Waals surface area contributed by atoms with Gasteiger partial charge in [0.15, 0.2) is 0 Å². The maximum absolute atomic E-state index is 13.4. The normalized spacial score (nSPS) is 18.5. The van der Waals surface area contributed by atoms with Gasteiger partial charge in [0.2, 0.25) is 5.72 Å². The third kappa shape index (κ3) is 4.40. The van der Waals surface area contributed by atoms with Crippen molar-refractivity contribution in [3.8, 4) is 5.75 Å². The molecule has 1 aliphatic rings. The number of carbonyl (C=O) groups is 1. The quantitative estimate of drug-likeness (QED) is 0.681. The number of hydrogen-bond donors (Lipinski definition) is 2. The summed E-state index contributed by atoms with van der Waals surface area (Å²) in [6.07, 6.45) is -5.94. The number of benzene rings is 2. The number of alkyl halides is 2. The highest BCUT2D eigenvalue weighted by Crippen LogP contribution is 2.35. The van der Waals surface area contributed by atoms with E-state index in [0.717, 1.165) is 12.0 Å². The fraction of sp³-hybridized carbons (Fsp3) is 0.286. The number of ether oxygens (including phenoxy) is 1. The van der Waals surface area contributed by atoms with E-state index < -0.39 is 36.3 Å². The van der Waals surface area contributed by atoms with E-state index in [1.165, 1.54) is 18.2 Å². The Balaban J connectivity index is 1.77. The number of aliphatic hydroxyl groups is 1. The van der Waals surface area contributed by atoms with E-state index in [1.54, 1.807) is 6.07 Å². The minimum Gasteiger partial charge on any atom is -0.489 e. The van der Waals surface area contributed by atoms with E-state index in [9.17, 15) is 27.5 Å². The SMILES string of the molecule is CCc1ccc(OCc2cccc(C(=O)N3NC(=C(F)F)CC3(O)C(F)F)c2)cc1. The molecular formula is C21H20F4N2O3. The van der Waals surface area contributed by atoms with Crippen molar-refractivity contribution in [2.24, 2.45) is 0 Å². The van der Waals surface area contributed by atoms with Gasteiger partial charge >= 0.3 is 0 Å². The molecule has 1 fully saturated rings. The molecule has 2 aromatic carbocycles. The first-order valence-electron chi connectivity index (χ1n) is 9.21. The van der Waals surface area contributed by atoms with Gasteiger partial charge in [-0.15, -0.1) is 0 Å². The van der Waals surface area contributed by atoms with Crippen LogP contribution < -0.4 is 10.2 Å². The Bertz CT molecular complexity index is 946. The molecule has 1 atom stereocenters. The predicted molar refractivity (Wildman–Crippen MR) is 101 cm³/mol. The van der Waals surface area contributed by atoms with Gasteiger partial charge in [-0.1, -0.05) is 31.2 Å². The minimum absolute atomic E-state index is 0.0653. The molecule has 2 aromatic rings. The maximum Gasteiger partial charge on any atom is 0.291 e. The van der Waals surface area contributed by atoms with Gasteiger partial charge in [-0.05, 0) is 41.8 Å². The summed E-state index contributed by atoms with van der Waals surface area (Å²) in [7, 11) is 0. The molecule has 0 radical (unpaired) electrons. The van der Waals surface area contributed by atoms with Crippen molar-refractivity contribution in [3.05, 3.63) is 77.0 Å². The molecule has 0 saturated carbocycles. The average Bonchev–Trinajstić information content (AvgIpc) is 3.11. The molecular weight excluding hydrogens is 404 g/mol. The lowest BCUT2D eigenvalue weighted by Crippen LogP contribution is -2.55. The molecule has 30 heavy (non-hydrogen) atoms. The number of nitrogens with one attached hydrogen (secondary N) is 1. The minimum atomic E-state index is -3.46. The maximum atomic E-state index is 13.4. The third-order valence-corrected chi connectivity index (χ3v) is 4.76. The molecule has 0 aliphatic carbocycles. The summed E-state index contributed by atoms with van der Waals surface area (Å²) in [6, 6.07) is 13.4. The Morgan fingerprint density at radius 3 is 2.50 bits per heavy atom. The van der Waals surface area contributed by atoms with Crippen LogP contribution in [-0.2, 0) is 13.0 Å². The number of halogens is 4. The Hall–Kier alpha value is -3.07. The van der Waals surface area contributed by atoms with Crippen molar-refractivity contribution in [2.45, 2.75) is 38.5 Å². The molecule has 5 nitrogen and oxygen atoms in total. The third-order valence-electron chi connectivity index (χ3n) is 4.76. The van der Waals surface area contributed by atoms with Crippen LogP contribution in [0.4, 0.5) is 17.6 Å². The molecule has 2 N–H and O–H groups in total. The Morgan fingerprint density at radius 2 is 1.90 bits per heavy atom. The van der Waals surface area contributed by atoms with E-state index in [0.29, 0.717) is 11.3 Å². The molecule has 1 aliphatic heterocycles. The van der Waals surface area contributed by atoms with Crippen LogP contribution in [0.2, 0.25) is 0 Å². The van der Waals surface area contributed by atoms with Crippen LogP contribution in [0.15, 0.2) is 60.3 Å². The van der Waals surface area contributed by atoms with E-state index >= 15 is 0 Å². The van der Waals surface area contributed by atoms with Crippen LogP contribution in [0.1, 0.15) is 34.8 Å². The lowest BCUT2D eigenvalue weighted by molar-refractivity contribution is -0.168. The van der Waals surface area contributed by atoms with Crippen LogP contribution >= 0.6 is 0 Å². The van der Waals surface area contributed by atoms with Gasteiger partial charge < -0.3 is 9.84 Å². The Labute approximate surface area is 170 Å². The predicted octanol–water partition coefficient (Wildman–Crippen LogP) is 4.24. The van der Waals surface area contributed by atoms with Crippen molar-refractivity contribution < 1.29 is 32.2 Å². The standard InChI is InChI=1S/C21H20F4N2O3/c1-2-13-6-8-16(9-7-13)30-12-14-4-3-5-15(10-14)19(28)27-21(29,20(24)25)11-17(26-27)18(22)23/h3-10,20,26,29H,2,11-12H2,1H3. The molecule has 0 spiro atoms. The number of carbonyl (C=O) groups excluding carboxylic acids is 1. The molecule has 9 heteroatoms. The van der Waals surface area contributed by atoms with Gasteiger partial charge in [0.05, 0.1) is 6.42 Å². The largest absolute Gasteiger partial charge is 0.489 e. The van der Waals surface area contributed by atoms with Crippen LogP contribution in [0.25, 0.3) is 0 Å². The van der Waals surface area contributed by atoms with Gasteiger partial charge in [0.1, 0.15) is 18.1 Å². The summed E-state index contributed by atoms with van der Waals surface area (Å²) in [4.78, 5) is 12.7. The molecule has 1 heterocycles. The van der Waals surface area contributed by atoms with Crippen molar-refractivity contribution in [3.63, 3.8) is 0 Å². The van der Waals surface area contributed by atoms with Gasteiger partial charge in [0.25, 0.3) is 18.4 Å².